The maximum atomic E-state index is 13.2. The van der Waals surface area contributed by atoms with E-state index in [0.717, 1.165) is 32.2 Å². The molecule has 0 aliphatic carbocycles. The third-order valence-electron chi connectivity index (χ3n) is 5.57. The first-order valence-corrected chi connectivity index (χ1v) is 11.5. The van der Waals surface area contributed by atoms with E-state index in [9.17, 15) is 18.0 Å². The van der Waals surface area contributed by atoms with Crippen molar-refractivity contribution in [2.24, 2.45) is 4.99 Å². The van der Waals surface area contributed by atoms with E-state index >= 15 is 0 Å². The second-order valence-electron chi connectivity index (χ2n) is 7.95. The molecule has 1 fully saturated rings. The molecule has 1 saturated heterocycles. The van der Waals surface area contributed by atoms with Crippen molar-refractivity contribution >= 4 is 28.9 Å². The van der Waals surface area contributed by atoms with Crippen molar-refractivity contribution < 1.29 is 27.4 Å². The van der Waals surface area contributed by atoms with Crippen molar-refractivity contribution in [2.45, 2.75) is 12.8 Å². The van der Waals surface area contributed by atoms with Crippen molar-refractivity contribution in [3.05, 3.63) is 64.1 Å². The number of nitrogens with zero attached hydrogens (tertiary/aromatic N) is 3. The number of amidine groups is 1. The van der Waals surface area contributed by atoms with Gasteiger partial charge in [-0.05, 0) is 48.6 Å². The van der Waals surface area contributed by atoms with Gasteiger partial charge in [0.05, 0.1) is 17.6 Å². The summed E-state index contributed by atoms with van der Waals surface area (Å²) in [7, 11) is 3.51. The fourth-order valence-corrected chi connectivity index (χ4v) is 4.62. The van der Waals surface area contributed by atoms with E-state index in [1.54, 1.807) is 24.3 Å². The number of thioether (sulfide) groups is 1. The second-order valence-corrected chi connectivity index (χ2v) is 8.96. The summed E-state index contributed by atoms with van der Waals surface area (Å²) in [6.07, 6.45) is -2.73. The number of alkyl halides is 3. The number of carbonyl (C=O) groups excluding carboxylic acids is 1. The van der Waals surface area contributed by atoms with Crippen molar-refractivity contribution in [2.75, 3.05) is 40.3 Å². The Bertz CT molecular complexity index is 1130. The number of piperazine rings is 1. The Morgan fingerprint density at radius 2 is 1.82 bits per heavy atom. The zero-order valence-corrected chi connectivity index (χ0v) is 19.6. The van der Waals surface area contributed by atoms with E-state index < -0.39 is 11.7 Å². The molecular weight excluding hydrogens is 467 g/mol. The molecule has 0 bridgehead atoms. The normalized spacial score (nSPS) is 18.4. The number of hydrogen-bond acceptors (Lipinski definition) is 6. The Hall–Kier alpha value is -2.98. The van der Waals surface area contributed by atoms with E-state index in [-0.39, 0.29) is 18.1 Å². The molecule has 4 rings (SSSR count). The molecule has 1 amide bonds. The van der Waals surface area contributed by atoms with Crippen LogP contribution in [0.2, 0.25) is 0 Å². The number of amides is 1. The summed E-state index contributed by atoms with van der Waals surface area (Å²) in [4.78, 5) is 21.5. The van der Waals surface area contributed by atoms with Crippen LogP contribution in [0.3, 0.4) is 0 Å². The standard InChI is InChI=1S/C24H24F3N3O3S/c1-29-9-11-30(12-10-29)23-28-22(31)21(34-23)14-16-7-8-19(20(13-16)32-2)33-15-17-5-3-4-6-18(17)24(25,26)27/h3-8,13-14H,9-12,15H2,1-2H3. The molecular formula is C24H24F3N3O3S. The molecule has 0 radical (unpaired) electrons. The Morgan fingerprint density at radius 3 is 2.53 bits per heavy atom. The number of rotatable bonds is 5. The third kappa shape index (κ3) is 5.56. The molecule has 0 N–H and O–H groups in total. The van der Waals surface area contributed by atoms with Gasteiger partial charge in [0.2, 0.25) is 0 Å². The minimum absolute atomic E-state index is 0.0322. The van der Waals surface area contributed by atoms with Gasteiger partial charge < -0.3 is 19.3 Å². The Morgan fingerprint density at radius 1 is 1.09 bits per heavy atom. The summed E-state index contributed by atoms with van der Waals surface area (Å²) >= 11 is 1.34. The first-order chi connectivity index (χ1) is 16.2. The van der Waals surface area contributed by atoms with Gasteiger partial charge in [0, 0.05) is 31.7 Å². The molecule has 0 spiro atoms. The summed E-state index contributed by atoms with van der Waals surface area (Å²) in [6.45, 7) is 3.21. The van der Waals surface area contributed by atoms with Gasteiger partial charge >= 0.3 is 6.18 Å². The summed E-state index contributed by atoms with van der Waals surface area (Å²) in [5, 5.41) is 0.708. The molecule has 180 valence electrons. The highest BCUT2D eigenvalue weighted by Gasteiger charge is 2.33. The molecule has 0 saturated carbocycles. The van der Waals surface area contributed by atoms with Gasteiger partial charge in [0.15, 0.2) is 16.7 Å². The van der Waals surface area contributed by atoms with Crippen LogP contribution < -0.4 is 9.47 Å². The number of carbonyl (C=O) groups is 1. The number of ether oxygens (including phenoxy) is 2. The van der Waals surface area contributed by atoms with Crippen LogP contribution in [0.5, 0.6) is 11.5 Å². The van der Waals surface area contributed by atoms with Crippen LogP contribution in [0.15, 0.2) is 52.4 Å². The average molecular weight is 492 g/mol. The minimum atomic E-state index is -4.46. The van der Waals surface area contributed by atoms with E-state index in [2.05, 4.69) is 21.8 Å². The zero-order chi connectivity index (χ0) is 24.3. The SMILES string of the molecule is COc1cc(C=C2SC(N3CCN(C)CC3)=NC2=O)ccc1OCc1ccccc1C(F)(F)F. The topological polar surface area (TPSA) is 54.4 Å². The van der Waals surface area contributed by atoms with Gasteiger partial charge in [-0.1, -0.05) is 24.3 Å². The molecule has 34 heavy (non-hydrogen) atoms. The maximum Gasteiger partial charge on any atom is 0.416 e. The number of benzene rings is 2. The van der Waals surface area contributed by atoms with Crippen molar-refractivity contribution in [3.63, 3.8) is 0 Å². The third-order valence-corrected chi connectivity index (χ3v) is 6.62. The number of aliphatic imine (C=N–C) groups is 1. The molecule has 2 aliphatic heterocycles. The van der Waals surface area contributed by atoms with Crippen LogP contribution >= 0.6 is 11.8 Å². The fraction of sp³-hybridized carbons (Fsp3) is 0.333. The largest absolute Gasteiger partial charge is 0.493 e. The van der Waals surface area contributed by atoms with Crippen LogP contribution in [-0.4, -0.2) is 61.2 Å². The predicted octanol–water partition coefficient (Wildman–Crippen LogP) is 4.51. The van der Waals surface area contributed by atoms with E-state index in [1.165, 1.54) is 37.1 Å². The monoisotopic (exact) mass is 491 g/mol. The quantitative estimate of drug-likeness (QED) is 0.574. The number of methoxy groups -OCH3 is 1. The average Bonchev–Trinajstić information content (AvgIpc) is 3.18. The van der Waals surface area contributed by atoms with Crippen molar-refractivity contribution in [3.8, 4) is 11.5 Å². The van der Waals surface area contributed by atoms with Crippen LogP contribution in [0, 0.1) is 0 Å². The maximum absolute atomic E-state index is 13.2. The molecule has 2 aromatic rings. The number of halogens is 3. The first kappa shape index (κ1) is 24.2. The Kier molecular flexibility index (Phi) is 7.18. The van der Waals surface area contributed by atoms with Crippen molar-refractivity contribution in [1.82, 2.24) is 9.80 Å². The van der Waals surface area contributed by atoms with Gasteiger partial charge in [0.1, 0.15) is 6.61 Å². The summed E-state index contributed by atoms with van der Waals surface area (Å²) in [6, 6.07) is 10.3. The first-order valence-electron chi connectivity index (χ1n) is 10.7. The highest BCUT2D eigenvalue weighted by atomic mass is 32.2. The number of hydrogen-bond donors (Lipinski definition) is 0. The minimum Gasteiger partial charge on any atom is -0.493 e. The second kappa shape index (κ2) is 10.1. The van der Waals surface area contributed by atoms with Crippen LogP contribution in [0.4, 0.5) is 13.2 Å². The molecule has 2 aliphatic rings. The molecule has 10 heteroatoms. The van der Waals surface area contributed by atoms with Crippen LogP contribution in [0.1, 0.15) is 16.7 Å². The molecule has 0 unspecified atom stereocenters. The summed E-state index contributed by atoms with van der Waals surface area (Å²) < 4.78 is 50.7. The predicted molar refractivity (Wildman–Crippen MR) is 126 cm³/mol. The van der Waals surface area contributed by atoms with Crippen LogP contribution in [-0.2, 0) is 17.6 Å². The van der Waals surface area contributed by atoms with Gasteiger partial charge in [-0.25, -0.2) is 0 Å². The van der Waals surface area contributed by atoms with Gasteiger partial charge in [0.25, 0.3) is 5.91 Å². The lowest BCUT2D eigenvalue weighted by Crippen LogP contribution is -2.46. The van der Waals surface area contributed by atoms with E-state index in [0.29, 0.717) is 27.1 Å². The highest BCUT2D eigenvalue weighted by Crippen LogP contribution is 2.35. The molecule has 2 heterocycles. The molecule has 0 atom stereocenters. The summed E-state index contributed by atoms with van der Waals surface area (Å²) in [5.74, 6) is 0.373. The van der Waals surface area contributed by atoms with Gasteiger partial charge in [-0.15, -0.1) is 0 Å². The Balaban J connectivity index is 1.46. The smallest absolute Gasteiger partial charge is 0.416 e. The van der Waals surface area contributed by atoms with Gasteiger partial charge in [-0.3, -0.25) is 4.79 Å². The lowest BCUT2D eigenvalue weighted by atomic mass is 10.1. The van der Waals surface area contributed by atoms with Gasteiger partial charge in [-0.2, -0.15) is 18.2 Å². The molecule has 0 aromatic heterocycles. The van der Waals surface area contributed by atoms with Crippen LogP contribution in [0.25, 0.3) is 6.08 Å². The highest BCUT2D eigenvalue weighted by molar-refractivity contribution is 8.18. The zero-order valence-electron chi connectivity index (χ0n) is 18.8. The van der Waals surface area contributed by atoms with E-state index in [4.69, 9.17) is 9.47 Å². The number of likely N-dealkylation sites (N-methyl/N-ethyl adjacent to an activating group) is 1. The molecule has 2 aromatic carbocycles. The van der Waals surface area contributed by atoms with E-state index in [1.807, 2.05) is 0 Å². The lowest BCUT2D eigenvalue weighted by molar-refractivity contribution is -0.138. The summed E-state index contributed by atoms with van der Waals surface area (Å²) in [5.41, 5.74) is -0.00130. The fourth-order valence-electron chi connectivity index (χ4n) is 3.65. The molecule has 6 nitrogen and oxygen atoms in total. The Labute approximate surface area is 200 Å². The lowest BCUT2D eigenvalue weighted by Gasteiger charge is -2.32. The van der Waals surface area contributed by atoms with Crippen molar-refractivity contribution in [1.29, 1.82) is 0 Å².